The molecule has 1 aromatic carbocycles. The Labute approximate surface area is 97.4 Å². The van der Waals surface area contributed by atoms with Crippen molar-refractivity contribution in [3.05, 3.63) is 39.4 Å². The number of hydrogen-bond donors (Lipinski definition) is 1. The molecule has 2 N–H and O–H groups in total. The molecule has 0 radical (unpaired) electrons. The first-order valence-electron chi connectivity index (χ1n) is 4.35. The van der Waals surface area contributed by atoms with E-state index < -0.39 is 17.6 Å². The number of halogens is 4. The second kappa shape index (κ2) is 3.63. The predicted molar refractivity (Wildman–Crippen MR) is 56.2 cm³/mol. The monoisotopic (exact) mass is 263 g/mol. The molecule has 2 aromatic rings. The molecule has 0 aliphatic rings. The Morgan fingerprint density at radius 3 is 2.59 bits per heavy atom. The summed E-state index contributed by atoms with van der Waals surface area (Å²) in [7, 11) is 0. The first kappa shape index (κ1) is 11.7. The van der Waals surface area contributed by atoms with Gasteiger partial charge in [-0.1, -0.05) is 11.6 Å². The van der Waals surface area contributed by atoms with Crippen LogP contribution in [-0.4, -0.2) is 9.66 Å². The molecule has 0 atom stereocenters. The molecule has 0 amide bonds. The highest BCUT2D eigenvalue weighted by atomic mass is 35.5. The molecular weight excluding hydrogens is 259 g/mol. The van der Waals surface area contributed by atoms with E-state index >= 15 is 0 Å². The van der Waals surface area contributed by atoms with Crippen LogP contribution in [0.4, 0.5) is 13.2 Å². The molecule has 17 heavy (non-hydrogen) atoms. The van der Waals surface area contributed by atoms with Crippen LogP contribution in [0.2, 0.25) is 5.02 Å². The summed E-state index contributed by atoms with van der Waals surface area (Å²) in [6.45, 7) is 0. The molecule has 1 heterocycles. The van der Waals surface area contributed by atoms with Crippen LogP contribution in [0.25, 0.3) is 10.9 Å². The van der Waals surface area contributed by atoms with Gasteiger partial charge in [0.25, 0.3) is 5.56 Å². The van der Waals surface area contributed by atoms with Gasteiger partial charge in [0.15, 0.2) is 0 Å². The summed E-state index contributed by atoms with van der Waals surface area (Å²) in [6, 6.07) is 3.79. The number of aromatic nitrogens is 2. The van der Waals surface area contributed by atoms with Gasteiger partial charge in [0.05, 0.1) is 10.9 Å². The zero-order valence-corrected chi connectivity index (χ0v) is 8.88. The van der Waals surface area contributed by atoms with E-state index in [4.69, 9.17) is 17.4 Å². The van der Waals surface area contributed by atoms with Crippen LogP contribution in [0, 0.1) is 0 Å². The van der Waals surface area contributed by atoms with Crippen molar-refractivity contribution in [3.8, 4) is 0 Å². The van der Waals surface area contributed by atoms with Gasteiger partial charge in [-0.15, -0.1) is 0 Å². The van der Waals surface area contributed by atoms with E-state index in [1.54, 1.807) is 0 Å². The van der Waals surface area contributed by atoms with Gasteiger partial charge < -0.3 is 5.84 Å². The van der Waals surface area contributed by atoms with E-state index in [0.717, 1.165) is 0 Å². The molecule has 0 fully saturated rings. The Kier molecular flexibility index (Phi) is 2.50. The van der Waals surface area contributed by atoms with Gasteiger partial charge in [-0.05, 0) is 18.2 Å². The van der Waals surface area contributed by atoms with Crippen molar-refractivity contribution in [1.29, 1.82) is 0 Å². The largest absolute Gasteiger partial charge is 0.451 e. The van der Waals surface area contributed by atoms with Crippen LogP contribution in [0.5, 0.6) is 0 Å². The van der Waals surface area contributed by atoms with Crippen molar-refractivity contribution < 1.29 is 13.2 Å². The van der Waals surface area contributed by atoms with Crippen LogP contribution < -0.4 is 11.4 Å². The first-order valence-corrected chi connectivity index (χ1v) is 4.73. The van der Waals surface area contributed by atoms with Gasteiger partial charge in [0, 0.05) is 5.02 Å². The molecule has 0 bridgehead atoms. The van der Waals surface area contributed by atoms with Gasteiger partial charge in [-0.2, -0.15) is 13.2 Å². The summed E-state index contributed by atoms with van der Waals surface area (Å²) in [6.07, 6.45) is -4.79. The standard InChI is InChI=1S/C9H5ClF3N3O/c10-4-1-2-6-5(3-4)7(17)16(14)8(15-6)9(11,12)13/h1-3H,14H2. The maximum absolute atomic E-state index is 12.5. The Bertz CT molecular complexity index is 650. The number of rotatable bonds is 0. The lowest BCUT2D eigenvalue weighted by Crippen LogP contribution is -2.35. The third-order valence-electron chi connectivity index (χ3n) is 2.12. The predicted octanol–water partition coefficient (Wildman–Crippen LogP) is 1.78. The summed E-state index contributed by atoms with van der Waals surface area (Å²) in [5.41, 5.74) is -1.10. The molecule has 0 saturated carbocycles. The van der Waals surface area contributed by atoms with E-state index in [-0.39, 0.29) is 20.6 Å². The SMILES string of the molecule is Nn1c(C(F)(F)F)nc2ccc(Cl)cc2c1=O. The first-order chi connectivity index (χ1) is 7.80. The molecule has 1 aromatic heterocycles. The molecule has 2 rings (SSSR count). The summed E-state index contributed by atoms with van der Waals surface area (Å²) in [5.74, 6) is 3.62. The zero-order valence-electron chi connectivity index (χ0n) is 8.12. The van der Waals surface area contributed by atoms with E-state index in [9.17, 15) is 18.0 Å². The lowest BCUT2D eigenvalue weighted by Gasteiger charge is -2.11. The minimum atomic E-state index is -4.79. The minimum absolute atomic E-state index is 0.0291. The lowest BCUT2D eigenvalue weighted by molar-refractivity contribution is -0.147. The average Bonchev–Trinajstić information content (AvgIpc) is 2.22. The van der Waals surface area contributed by atoms with Crippen molar-refractivity contribution in [2.75, 3.05) is 5.84 Å². The van der Waals surface area contributed by atoms with Gasteiger partial charge in [-0.3, -0.25) is 4.79 Å². The van der Waals surface area contributed by atoms with E-state index in [0.29, 0.717) is 0 Å². The van der Waals surface area contributed by atoms with Crippen LogP contribution in [0.3, 0.4) is 0 Å². The smallest absolute Gasteiger partial charge is 0.334 e. The van der Waals surface area contributed by atoms with Crippen LogP contribution in [0.1, 0.15) is 5.82 Å². The number of fused-ring (bicyclic) bond motifs is 1. The second-order valence-electron chi connectivity index (χ2n) is 3.27. The minimum Gasteiger partial charge on any atom is -0.334 e. The van der Waals surface area contributed by atoms with E-state index in [2.05, 4.69) is 4.98 Å². The molecule has 0 saturated heterocycles. The van der Waals surface area contributed by atoms with Crippen LogP contribution in [0.15, 0.2) is 23.0 Å². The van der Waals surface area contributed by atoms with E-state index in [1.807, 2.05) is 0 Å². The van der Waals surface area contributed by atoms with Gasteiger partial charge >= 0.3 is 6.18 Å². The fourth-order valence-electron chi connectivity index (χ4n) is 1.37. The normalized spacial score (nSPS) is 12.0. The summed E-state index contributed by atoms with van der Waals surface area (Å²) in [4.78, 5) is 14.9. The number of benzene rings is 1. The van der Waals surface area contributed by atoms with Gasteiger partial charge in [0.2, 0.25) is 5.82 Å². The summed E-state index contributed by atoms with van der Waals surface area (Å²) >= 11 is 5.63. The lowest BCUT2D eigenvalue weighted by atomic mass is 10.2. The molecular formula is C9H5ClF3N3O. The van der Waals surface area contributed by atoms with Gasteiger partial charge in [0.1, 0.15) is 0 Å². The second-order valence-corrected chi connectivity index (χ2v) is 3.71. The van der Waals surface area contributed by atoms with Crippen molar-refractivity contribution in [3.63, 3.8) is 0 Å². The third kappa shape index (κ3) is 1.93. The average molecular weight is 264 g/mol. The van der Waals surface area contributed by atoms with E-state index in [1.165, 1.54) is 18.2 Å². The molecule has 0 spiro atoms. The van der Waals surface area contributed by atoms with Crippen LogP contribution >= 0.6 is 11.6 Å². The summed E-state index contributed by atoms with van der Waals surface area (Å²) in [5, 5.41) is 0.157. The molecule has 90 valence electrons. The highest BCUT2D eigenvalue weighted by Crippen LogP contribution is 2.27. The number of nitrogens with two attached hydrogens (primary N) is 1. The number of alkyl halides is 3. The molecule has 0 aliphatic carbocycles. The fraction of sp³-hybridized carbons (Fsp3) is 0.111. The zero-order chi connectivity index (χ0) is 12.8. The molecule has 0 aliphatic heterocycles. The Morgan fingerprint density at radius 1 is 1.35 bits per heavy atom. The summed E-state index contributed by atoms with van der Waals surface area (Å²) < 4.78 is 37.5. The van der Waals surface area contributed by atoms with Crippen molar-refractivity contribution in [1.82, 2.24) is 9.66 Å². The number of nitrogens with zero attached hydrogens (tertiary/aromatic N) is 2. The molecule has 4 nitrogen and oxygen atoms in total. The number of hydrogen-bond acceptors (Lipinski definition) is 3. The molecule has 8 heteroatoms. The van der Waals surface area contributed by atoms with Crippen molar-refractivity contribution in [2.45, 2.75) is 6.18 Å². The van der Waals surface area contributed by atoms with Gasteiger partial charge in [-0.25, -0.2) is 9.66 Å². The quantitative estimate of drug-likeness (QED) is 0.737. The molecule has 0 unspecified atom stereocenters. The number of nitrogen functional groups attached to an aromatic ring is 1. The van der Waals surface area contributed by atoms with Crippen molar-refractivity contribution in [2.24, 2.45) is 0 Å². The maximum atomic E-state index is 12.5. The van der Waals surface area contributed by atoms with Crippen LogP contribution in [-0.2, 0) is 6.18 Å². The van der Waals surface area contributed by atoms with Crippen molar-refractivity contribution >= 4 is 22.5 Å². The Balaban J connectivity index is 2.90. The Hall–Kier alpha value is -1.76. The fourth-order valence-corrected chi connectivity index (χ4v) is 1.54. The highest BCUT2D eigenvalue weighted by Gasteiger charge is 2.37. The topological polar surface area (TPSA) is 60.9 Å². The highest BCUT2D eigenvalue weighted by molar-refractivity contribution is 6.31. The Morgan fingerprint density at radius 2 is 2.00 bits per heavy atom. The maximum Gasteiger partial charge on any atom is 0.451 e. The third-order valence-corrected chi connectivity index (χ3v) is 2.35.